The first-order valence-corrected chi connectivity index (χ1v) is 7.62. The van der Waals surface area contributed by atoms with Gasteiger partial charge in [-0.15, -0.1) is 0 Å². The largest absolute Gasteiger partial charge is 0.335 e. The zero-order valence-electron chi connectivity index (χ0n) is 12.6. The highest BCUT2D eigenvalue weighted by atomic mass is 16.2. The molecule has 22 heavy (non-hydrogen) atoms. The van der Waals surface area contributed by atoms with Gasteiger partial charge in [-0.3, -0.25) is 9.88 Å². The number of aryl methyl sites for hydroxylation is 1. The predicted octanol–water partition coefficient (Wildman–Crippen LogP) is 2.42. The molecule has 2 N–H and O–H groups in total. The van der Waals surface area contributed by atoms with Crippen LogP contribution in [0.2, 0.25) is 0 Å². The summed E-state index contributed by atoms with van der Waals surface area (Å²) in [6, 6.07) is 1.79. The van der Waals surface area contributed by atoms with E-state index in [2.05, 4.69) is 25.6 Å². The highest BCUT2D eigenvalue weighted by Crippen LogP contribution is 2.17. The molecule has 2 aromatic rings. The van der Waals surface area contributed by atoms with Crippen molar-refractivity contribution in [1.82, 2.24) is 24.8 Å². The number of carbonyl (C=O) groups is 1. The summed E-state index contributed by atoms with van der Waals surface area (Å²) in [4.78, 5) is 24.5. The Kier molecular flexibility index (Phi) is 4.32. The molecule has 2 heterocycles. The highest BCUT2D eigenvalue weighted by molar-refractivity contribution is 5.88. The van der Waals surface area contributed by atoms with E-state index in [0.29, 0.717) is 11.6 Å². The minimum atomic E-state index is -0.209. The fourth-order valence-corrected chi connectivity index (χ4v) is 2.75. The van der Waals surface area contributed by atoms with Gasteiger partial charge < -0.3 is 5.32 Å². The number of amides is 2. The second-order valence-electron chi connectivity index (χ2n) is 5.54. The van der Waals surface area contributed by atoms with Gasteiger partial charge in [0.2, 0.25) is 0 Å². The molecular formula is C15H20N6O. The van der Waals surface area contributed by atoms with Crippen molar-refractivity contribution in [1.29, 1.82) is 0 Å². The smallest absolute Gasteiger partial charge is 0.320 e. The number of anilines is 1. The number of imidazole rings is 1. The zero-order valence-corrected chi connectivity index (χ0v) is 12.6. The molecule has 0 bridgehead atoms. The van der Waals surface area contributed by atoms with E-state index in [-0.39, 0.29) is 12.1 Å². The summed E-state index contributed by atoms with van der Waals surface area (Å²) in [5.41, 5.74) is 0. The molecule has 1 saturated carbocycles. The van der Waals surface area contributed by atoms with Crippen LogP contribution in [0.15, 0.2) is 24.8 Å². The molecular weight excluding hydrogens is 280 g/mol. The summed E-state index contributed by atoms with van der Waals surface area (Å²) in [5.74, 6) is 1.99. The summed E-state index contributed by atoms with van der Waals surface area (Å²) >= 11 is 0. The third-order valence-electron chi connectivity index (χ3n) is 3.91. The van der Waals surface area contributed by atoms with Gasteiger partial charge in [0.1, 0.15) is 23.8 Å². The second-order valence-corrected chi connectivity index (χ2v) is 5.54. The number of hydrogen-bond acceptors (Lipinski definition) is 4. The van der Waals surface area contributed by atoms with E-state index in [1.165, 1.54) is 25.6 Å². The Bertz CT molecular complexity index is 647. The number of hydrogen-bond donors (Lipinski definition) is 2. The summed E-state index contributed by atoms with van der Waals surface area (Å²) in [6.07, 6.45) is 10.7. The Hall–Kier alpha value is -2.44. The Morgan fingerprint density at radius 3 is 2.77 bits per heavy atom. The lowest BCUT2D eigenvalue weighted by Crippen LogP contribution is -2.39. The molecule has 0 aliphatic heterocycles. The predicted molar refractivity (Wildman–Crippen MR) is 82.9 cm³/mol. The summed E-state index contributed by atoms with van der Waals surface area (Å²) in [5, 5.41) is 5.78. The Morgan fingerprint density at radius 2 is 2.05 bits per heavy atom. The maximum absolute atomic E-state index is 12.0. The minimum Gasteiger partial charge on any atom is -0.335 e. The van der Waals surface area contributed by atoms with Crippen LogP contribution >= 0.6 is 0 Å². The standard InChI is InChI=1S/C15H20N6O/c1-11-16-7-8-21(11)14-9-13(17-10-18-14)20-15(22)19-12-5-3-2-4-6-12/h7-10,12H,2-6H2,1H3,(H2,17,18,19,20,22). The normalized spacial score (nSPS) is 15.5. The van der Waals surface area contributed by atoms with Gasteiger partial charge in [0.25, 0.3) is 0 Å². The maximum Gasteiger partial charge on any atom is 0.320 e. The van der Waals surface area contributed by atoms with E-state index in [0.717, 1.165) is 18.7 Å². The van der Waals surface area contributed by atoms with Crippen LogP contribution in [0.1, 0.15) is 37.9 Å². The molecule has 0 unspecified atom stereocenters. The van der Waals surface area contributed by atoms with Crippen molar-refractivity contribution >= 4 is 11.8 Å². The van der Waals surface area contributed by atoms with Crippen LogP contribution in [-0.4, -0.2) is 31.6 Å². The first-order chi connectivity index (χ1) is 10.7. The van der Waals surface area contributed by atoms with Crippen LogP contribution in [0.4, 0.5) is 10.6 Å². The molecule has 0 saturated heterocycles. The summed E-state index contributed by atoms with van der Waals surface area (Å²) in [7, 11) is 0. The van der Waals surface area contributed by atoms with Crippen LogP contribution in [0.5, 0.6) is 0 Å². The molecule has 0 atom stereocenters. The molecule has 2 aromatic heterocycles. The van der Waals surface area contributed by atoms with Crippen LogP contribution in [0.3, 0.4) is 0 Å². The first kappa shape index (κ1) is 14.5. The van der Waals surface area contributed by atoms with Crippen molar-refractivity contribution in [3.8, 4) is 5.82 Å². The Labute approximate surface area is 129 Å². The summed E-state index contributed by atoms with van der Waals surface area (Å²) < 4.78 is 1.84. The number of carbonyl (C=O) groups excluding carboxylic acids is 1. The van der Waals surface area contributed by atoms with Gasteiger partial charge >= 0.3 is 6.03 Å². The van der Waals surface area contributed by atoms with Gasteiger partial charge in [0.15, 0.2) is 0 Å². The molecule has 0 radical (unpaired) electrons. The van der Waals surface area contributed by atoms with E-state index in [9.17, 15) is 4.79 Å². The van der Waals surface area contributed by atoms with Crippen LogP contribution in [0, 0.1) is 6.92 Å². The average Bonchev–Trinajstić information content (AvgIpc) is 2.94. The molecule has 1 aliphatic rings. The van der Waals surface area contributed by atoms with E-state index in [1.807, 2.05) is 17.7 Å². The van der Waals surface area contributed by atoms with Gasteiger partial charge in [-0.1, -0.05) is 19.3 Å². The quantitative estimate of drug-likeness (QED) is 0.911. The van der Waals surface area contributed by atoms with Gasteiger partial charge in [0, 0.05) is 24.5 Å². The number of urea groups is 1. The summed E-state index contributed by atoms with van der Waals surface area (Å²) in [6.45, 7) is 1.89. The first-order valence-electron chi connectivity index (χ1n) is 7.62. The third-order valence-corrected chi connectivity index (χ3v) is 3.91. The third kappa shape index (κ3) is 3.41. The molecule has 116 valence electrons. The molecule has 1 fully saturated rings. The van der Waals surface area contributed by atoms with E-state index in [4.69, 9.17) is 0 Å². The molecule has 3 rings (SSSR count). The number of nitrogens with zero attached hydrogens (tertiary/aromatic N) is 4. The van der Waals surface area contributed by atoms with Gasteiger partial charge in [-0.2, -0.15) is 0 Å². The van der Waals surface area contributed by atoms with E-state index in [1.54, 1.807) is 12.3 Å². The van der Waals surface area contributed by atoms with Crippen molar-refractivity contribution in [3.63, 3.8) is 0 Å². The fourth-order valence-electron chi connectivity index (χ4n) is 2.75. The van der Waals surface area contributed by atoms with Crippen molar-refractivity contribution in [2.75, 3.05) is 5.32 Å². The fraction of sp³-hybridized carbons (Fsp3) is 0.467. The molecule has 0 spiro atoms. The lowest BCUT2D eigenvalue weighted by Gasteiger charge is -2.22. The number of rotatable bonds is 3. The number of aromatic nitrogens is 4. The van der Waals surface area contributed by atoms with E-state index >= 15 is 0 Å². The molecule has 1 aliphatic carbocycles. The van der Waals surface area contributed by atoms with E-state index < -0.39 is 0 Å². The molecule has 7 nitrogen and oxygen atoms in total. The topological polar surface area (TPSA) is 84.7 Å². The minimum absolute atomic E-state index is 0.209. The second kappa shape index (κ2) is 6.55. The van der Waals surface area contributed by atoms with Gasteiger partial charge in [-0.05, 0) is 19.8 Å². The average molecular weight is 300 g/mol. The van der Waals surface area contributed by atoms with Crippen LogP contribution < -0.4 is 10.6 Å². The van der Waals surface area contributed by atoms with Crippen molar-refractivity contribution in [3.05, 3.63) is 30.6 Å². The lowest BCUT2D eigenvalue weighted by atomic mass is 9.96. The zero-order chi connectivity index (χ0) is 15.4. The Balaban J connectivity index is 1.65. The SMILES string of the molecule is Cc1nccn1-c1cc(NC(=O)NC2CCCCC2)ncn1. The highest BCUT2D eigenvalue weighted by Gasteiger charge is 2.16. The van der Waals surface area contributed by atoms with Gasteiger partial charge in [0.05, 0.1) is 0 Å². The Morgan fingerprint density at radius 1 is 1.23 bits per heavy atom. The maximum atomic E-state index is 12.0. The molecule has 0 aromatic carbocycles. The van der Waals surface area contributed by atoms with Crippen molar-refractivity contribution in [2.24, 2.45) is 0 Å². The van der Waals surface area contributed by atoms with Crippen LogP contribution in [0.25, 0.3) is 5.82 Å². The lowest BCUT2D eigenvalue weighted by molar-refractivity contribution is 0.244. The molecule has 2 amide bonds. The molecule has 7 heteroatoms. The monoisotopic (exact) mass is 300 g/mol. The van der Waals surface area contributed by atoms with Crippen LogP contribution in [-0.2, 0) is 0 Å². The number of nitrogens with one attached hydrogen (secondary N) is 2. The van der Waals surface area contributed by atoms with Crippen molar-refractivity contribution < 1.29 is 4.79 Å². The van der Waals surface area contributed by atoms with Gasteiger partial charge in [-0.25, -0.2) is 19.7 Å². The van der Waals surface area contributed by atoms with Crippen molar-refractivity contribution in [2.45, 2.75) is 45.1 Å².